The normalized spacial score (nSPS) is 10.7. The third-order valence-electron chi connectivity index (χ3n) is 2.64. The molecule has 0 atom stereocenters. The van der Waals surface area contributed by atoms with Gasteiger partial charge < -0.3 is 4.90 Å². The van der Waals surface area contributed by atoms with E-state index in [-0.39, 0.29) is 0 Å². The number of hydrogen-bond acceptors (Lipinski definition) is 3. The number of hydrogen-bond donors (Lipinski definition) is 0. The second-order valence-electron chi connectivity index (χ2n) is 4.13. The molecule has 0 bridgehead atoms. The van der Waals surface area contributed by atoms with E-state index < -0.39 is 0 Å². The highest BCUT2D eigenvalue weighted by atomic mass is 35.5. The minimum Gasteiger partial charge on any atom is -0.367 e. The second-order valence-corrected chi connectivity index (χ2v) is 5.87. The molecule has 1 aromatic heterocycles. The van der Waals surface area contributed by atoms with Crippen molar-refractivity contribution in [2.75, 3.05) is 11.9 Å². The largest absolute Gasteiger partial charge is 0.367 e. The van der Waals surface area contributed by atoms with E-state index in [1.165, 1.54) is 0 Å². The quantitative estimate of drug-likeness (QED) is 0.774. The molecular weight excluding hydrogens is 287 g/mol. The third kappa shape index (κ3) is 3.16. The van der Waals surface area contributed by atoms with E-state index in [2.05, 4.69) is 15.3 Å². The Hall–Kier alpha value is -0.770. The molecule has 0 amide bonds. The predicted octanol–water partition coefficient (Wildman–Crippen LogP) is 4.48. The van der Waals surface area contributed by atoms with Gasteiger partial charge in [-0.3, -0.25) is 0 Å². The second kappa shape index (κ2) is 5.91. The molecule has 0 saturated heterocycles. The summed E-state index contributed by atoms with van der Waals surface area (Å²) in [6, 6.07) is 5.91. The fourth-order valence-electron chi connectivity index (χ4n) is 1.75. The maximum atomic E-state index is 6.26. The first-order chi connectivity index (χ1) is 8.60. The van der Waals surface area contributed by atoms with E-state index in [1.807, 2.05) is 32.2 Å². The standard InChI is InChI=1S/C13H14Cl2N2S/c1-9-16-11(8-18-9)7-17(2)13-4-3-10(6-14)5-12(13)15/h3-5,8H,6-7H2,1-2H3. The summed E-state index contributed by atoms with van der Waals surface area (Å²) in [5.74, 6) is 0.481. The van der Waals surface area contributed by atoms with Gasteiger partial charge >= 0.3 is 0 Å². The Balaban J connectivity index is 2.15. The molecule has 0 aliphatic heterocycles. The van der Waals surface area contributed by atoms with E-state index in [0.717, 1.165) is 33.5 Å². The van der Waals surface area contributed by atoms with E-state index in [4.69, 9.17) is 23.2 Å². The molecule has 0 fully saturated rings. The summed E-state index contributed by atoms with van der Waals surface area (Å²) >= 11 is 13.7. The summed E-state index contributed by atoms with van der Waals surface area (Å²) in [4.78, 5) is 6.54. The third-order valence-corrected chi connectivity index (χ3v) is 4.08. The highest BCUT2D eigenvalue weighted by molar-refractivity contribution is 7.09. The SMILES string of the molecule is Cc1nc(CN(C)c2ccc(CCl)cc2Cl)cs1. The molecular formula is C13H14Cl2N2S. The van der Waals surface area contributed by atoms with Crippen molar-refractivity contribution in [1.29, 1.82) is 0 Å². The molecule has 0 aliphatic rings. The zero-order chi connectivity index (χ0) is 13.1. The Morgan fingerprint density at radius 1 is 1.39 bits per heavy atom. The molecule has 0 unspecified atom stereocenters. The van der Waals surface area contributed by atoms with Gasteiger partial charge in [-0.2, -0.15) is 0 Å². The molecule has 0 radical (unpaired) electrons. The fourth-order valence-corrected chi connectivity index (χ4v) is 2.87. The van der Waals surface area contributed by atoms with Gasteiger partial charge in [0.05, 0.1) is 28.0 Å². The number of aryl methyl sites for hydroxylation is 1. The lowest BCUT2D eigenvalue weighted by Crippen LogP contribution is -2.17. The van der Waals surface area contributed by atoms with Crippen LogP contribution in [-0.2, 0) is 12.4 Å². The van der Waals surface area contributed by atoms with Crippen molar-refractivity contribution >= 4 is 40.2 Å². The van der Waals surface area contributed by atoms with Crippen LogP contribution in [0.3, 0.4) is 0 Å². The van der Waals surface area contributed by atoms with Crippen molar-refractivity contribution in [1.82, 2.24) is 4.98 Å². The Morgan fingerprint density at radius 3 is 2.72 bits per heavy atom. The van der Waals surface area contributed by atoms with Crippen molar-refractivity contribution in [3.05, 3.63) is 44.9 Å². The minimum absolute atomic E-state index is 0.481. The van der Waals surface area contributed by atoms with Crippen LogP contribution >= 0.6 is 34.5 Å². The number of halogens is 2. The summed E-state index contributed by atoms with van der Waals surface area (Å²) in [5.41, 5.74) is 3.09. The molecule has 0 saturated carbocycles. The summed E-state index contributed by atoms with van der Waals surface area (Å²) in [5, 5.41) is 3.89. The molecule has 1 aromatic carbocycles. The van der Waals surface area contributed by atoms with Crippen molar-refractivity contribution in [2.24, 2.45) is 0 Å². The first-order valence-electron chi connectivity index (χ1n) is 5.56. The molecule has 5 heteroatoms. The Labute approximate surface area is 121 Å². The first kappa shape index (κ1) is 13.7. The van der Waals surface area contributed by atoms with Gasteiger partial charge in [-0.1, -0.05) is 17.7 Å². The number of rotatable bonds is 4. The molecule has 0 spiro atoms. The number of nitrogens with zero attached hydrogens (tertiary/aromatic N) is 2. The van der Waals surface area contributed by atoms with Gasteiger partial charge in [0.1, 0.15) is 0 Å². The van der Waals surface area contributed by atoms with Gasteiger partial charge in [0.25, 0.3) is 0 Å². The van der Waals surface area contributed by atoms with E-state index in [1.54, 1.807) is 11.3 Å². The lowest BCUT2D eigenvalue weighted by molar-refractivity contribution is 0.890. The van der Waals surface area contributed by atoms with Crippen LogP contribution in [0, 0.1) is 6.92 Å². The van der Waals surface area contributed by atoms with Crippen LogP contribution in [0.2, 0.25) is 5.02 Å². The van der Waals surface area contributed by atoms with Gasteiger partial charge in [0, 0.05) is 18.3 Å². The Kier molecular flexibility index (Phi) is 4.49. The summed E-state index contributed by atoms with van der Waals surface area (Å²) in [6.45, 7) is 2.76. The number of alkyl halides is 1. The van der Waals surface area contributed by atoms with Crippen LogP contribution in [0.15, 0.2) is 23.6 Å². The minimum atomic E-state index is 0.481. The van der Waals surface area contributed by atoms with Crippen LogP contribution in [0.25, 0.3) is 0 Å². The molecule has 96 valence electrons. The molecule has 2 aromatic rings. The van der Waals surface area contributed by atoms with Gasteiger partial charge in [0.15, 0.2) is 0 Å². The Bertz CT molecular complexity index is 540. The highest BCUT2D eigenvalue weighted by Crippen LogP contribution is 2.27. The number of thiazole rings is 1. The smallest absolute Gasteiger partial charge is 0.0898 e. The Morgan fingerprint density at radius 2 is 2.17 bits per heavy atom. The number of aromatic nitrogens is 1. The van der Waals surface area contributed by atoms with Crippen molar-refractivity contribution < 1.29 is 0 Å². The van der Waals surface area contributed by atoms with Gasteiger partial charge in [-0.05, 0) is 24.6 Å². The zero-order valence-electron chi connectivity index (χ0n) is 10.3. The van der Waals surface area contributed by atoms with E-state index in [0.29, 0.717) is 5.88 Å². The molecule has 18 heavy (non-hydrogen) atoms. The number of anilines is 1. The molecule has 2 rings (SSSR count). The topological polar surface area (TPSA) is 16.1 Å². The van der Waals surface area contributed by atoms with E-state index >= 15 is 0 Å². The van der Waals surface area contributed by atoms with Crippen molar-refractivity contribution in [2.45, 2.75) is 19.3 Å². The number of benzene rings is 1. The van der Waals surface area contributed by atoms with Crippen LogP contribution in [0.4, 0.5) is 5.69 Å². The van der Waals surface area contributed by atoms with Crippen molar-refractivity contribution in [3.63, 3.8) is 0 Å². The monoisotopic (exact) mass is 300 g/mol. The highest BCUT2D eigenvalue weighted by Gasteiger charge is 2.09. The first-order valence-corrected chi connectivity index (χ1v) is 7.36. The summed E-state index contributed by atoms with van der Waals surface area (Å²) < 4.78 is 0. The van der Waals surface area contributed by atoms with Crippen LogP contribution in [-0.4, -0.2) is 12.0 Å². The molecule has 0 aliphatic carbocycles. The van der Waals surface area contributed by atoms with Crippen LogP contribution < -0.4 is 4.90 Å². The molecule has 1 heterocycles. The van der Waals surface area contributed by atoms with Crippen LogP contribution in [0.1, 0.15) is 16.3 Å². The maximum Gasteiger partial charge on any atom is 0.0898 e. The van der Waals surface area contributed by atoms with Crippen LogP contribution in [0.5, 0.6) is 0 Å². The molecule has 2 nitrogen and oxygen atoms in total. The zero-order valence-corrected chi connectivity index (χ0v) is 12.6. The fraction of sp³-hybridized carbons (Fsp3) is 0.308. The molecule has 0 N–H and O–H groups in total. The lowest BCUT2D eigenvalue weighted by Gasteiger charge is -2.19. The average molecular weight is 301 g/mol. The predicted molar refractivity (Wildman–Crippen MR) is 80.0 cm³/mol. The lowest BCUT2D eigenvalue weighted by atomic mass is 10.2. The van der Waals surface area contributed by atoms with E-state index in [9.17, 15) is 0 Å². The maximum absolute atomic E-state index is 6.26. The average Bonchev–Trinajstić information content (AvgIpc) is 2.74. The van der Waals surface area contributed by atoms with Gasteiger partial charge in [-0.15, -0.1) is 22.9 Å². The van der Waals surface area contributed by atoms with Gasteiger partial charge in [0.2, 0.25) is 0 Å². The summed E-state index contributed by atoms with van der Waals surface area (Å²) in [6.07, 6.45) is 0. The van der Waals surface area contributed by atoms with Gasteiger partial charge in [-0.25, -0.2) is 4.98 Å². The summed E-state index contributed by atoms with van der Waals surface area (Å²) in [7, 11) is 2.01. The van der Waals surface area contributed by atoms with Crippen molar-refractivity contribution in [3.8, 4) is 0 Å².